The van der Waals surface area contributed by atoms with Crippen LogP contribution < -0.4 is 0 Å². The summed E-state index contributed by atoms with van der Waals surface area (Å²) in [6, 6.07) is 14.8. The summed E-state index contributed by atoms with van der Waals surface area (Å²) in [5, 5.41) is 11.0. The lowest BCUT2D eigenvalue weighted by atomic mass is 9.73. The summed E-state index contributed by atoms with van der Waals surface area (Å²) in [4.78, 5) is 0. The summed E-state index contributed by atoms with van der Waals surface area (Å²) in [5.41, 5.74) is 5.07. The minimum absolute atomic E-state index is 0.205. The van der Waals surface area contributed by atoms with Crippen molar-refractivity contribution < 1.29 is 5.11 Å². The number of phenolic OH excluding ortho intramolecular Hbond substituents is 1. The van der Waals surface area contributed by atoms with Gasteiger partial charge in [0, 0.05) is 11.0 Å². The van der Waals surface area contributed by atoms with Crippen molar-refractivity contribution in [2.45, 2.75) is 104 Å². The summed E-state index contributed by atoms with van der Waals surface area (Å²) >= 11 is 0. The first-order chi connectivity index (χ1) is 14.0. The van der Waals surface area contributed by atoms with E-state index in [1.54, 1.807) is 0 Å². The first-order valence-corrected chi connectivity index (χ1v) is 11.9. The van der Waals surface area contributed by atoms with Gasteiger partial charge in [-0.15, -0.1) is 0 Å². The maximum Gasteiger partial charge on any atom is 0.119 e. The number of unbranched alkanes of at least 4 members (excludes halogenated alkanes) is 7. The van der Waals surface area contributed by atoms with Crippen molar-refractivity contribution in [3.63, 3.8) is 0 Å². The molecule has 2 aromatic rings. The highest BCUT2D eigenvalue weighted by atomic mass is 16.3. The lowest BCUT2D eigenvalue weighted by Crippen LogP contribution is -2.22. The van der Waals surface area contributed by atoms with Gasteiger partial charge in [-0.2, -0.15) is 0 Å². The number of aryl methyl sites for hydroxylation is 1. The van der Waals surface area contributed by atoms with Crippen molar-refractivity contribution in [2.24, 2.45) is 0 Å². The zero-order chi connectivity index (χ0) is 21.1. The largest absolute Gasteiger partial charge is 0.508 e. The van der Waals surface area contributed by atoms with E-state index in [0.717, 1.165) is 18.4 Å². The third-order valence-electron chi connectivity index (χ3n) is 6.34. The predicted molar refractivity (Wildman–Crippen MR) is 127 cm³/mol. The maximum absolute atomic E-state index is 11.0. The Morgan fingerprint density at radius 2 is 1.28 bits per heavy atom. The molecule has 0 amide bonds. The molecule has 0 aliphatic rings. The van der Waals surface area contributed by atoms with Gasteiger partial charge in [-0.3, -0.25) is 0 Å². The van der Waals surface area contributed by atoms with E-state index in [4.69, 9.17) is 0 Å². The van der Waals surface area contributed by atoms with E-state index in [-0.39, 0.29) is 5.41 Å². The van der Waals surface area contributed by atoms with Crippen molar-refractivity contribution in [3.05, 3.63) is 64.7 Å². The number of hydrogen-bond acceptors (Lipinski definition) is 1. The van der Waals surface area contributed by atoms with Crippen molar-refractivity contribution in [1.29, 1.82) is 0 Å². The average Bonchev–Trinajstić information content (AvgIpc) is 2.72. The number of aromatic hydroxyl groups is 1. The van der Waals surface area contributed by atoms with Gasteiger partial charge in [-0.25, -0.2) is 0 Å². The molecule has 0 radical (unpaired) electrons. The highest BCUT2D eigenvalue weighted by Gasteiger charge is 2.29. The maximum atomic E-state index is 11.0. The Morgan fingerprint density at radius 3 is 1.93 bits per heavy atom. The fraction of sp³-hybridized carbons (Fsp3) is 0.571. The van der Waals surface area contributed by atoms with Crippen LogP contribution in [-0.2, 0) is 18.3 Å². The third kappa shape index (κ3) is 6.63. The second-order valence-corrected chi connectivity index (χ2v) is 9.06. The van der Waals surface area contributed by atoms with Gasteiger partial charge in [0.2, 0.25) is 0 Å². The highest BCUT2D eigenvalue weighted by Crippen LogP contribution is 2.41. The Kier molecular flexibility index (Phi) is 9.78. The van der Waals surface area contributed by atoms with Gasteiger partial charge in [-0.05, 0) is 48.4 Å². The first-order valence-electron chi connectivity index (χ1n) is 11.9. The molecule has 160 valence electrons. The van der Waals surface area contributed by atoms with Crippen LogP contribution in [0.4, 0.5) is 0 Å². The first kappa shape index (κ1) is 23.5. The molecule has 0 saturated carbocycles. The van der Waals surface area contributed by atoms with E-state index in [1.165, 1.54) is 74.5 Å². The molecule has 29 heavy (non-hydrogen) atoms. The molecular formula is C28H42O. The molecular weight excluding hydrogens is 352 g/mol. The molecule has 0 fully saturated rings. The Morgan fingerprint density at radius 1 is 0.690 bits per heavy atom. The minimum Gasteiger partial charge on any atom is -0.508 e. The van der Waals surface area contributed by atoms with E-state index < -0.39 is 0 Å². The van der Waals surface area contributed by atoms with Gasteiger partial charge in [-0.1, -0.05) is 109 Å². The van der Waals surface area contributed by atoms with Crippen molar-refractivity contribution >= 4 is 0 Å². The molecule has 0 unspecified atom stereocenters. The third-order valence-corrected chi connectivity index (χ3v) is 6.34. The summed E-state index contributed by atoms with van der Waals surface area (Å²) in [5.74, 6) is 0.458. The molecule has 0 atom stereocenters. The molecule has 0 aliphatic carbocycles. The van der Waals surface area contributed by atoms with Crippen molar-refractivity contribution in [3.8, 4) is 5.75 Å². The Balaban J connectivity index is 2.35. The summed E-state index contributed by atoms with van der Waals surface area (Å²) in [6.07, 6.45) is 13.7. The van der Waals surface area contributed by atoms with Gasteiger partial charge in [0.25, 0.3) is 0 Å². The molecule has 0 heterocycles. The van der Waals surface area contributed by atoms with E-state index in [9.17, 15) is 5.11 Å². The van der Waals surface area contributed by atoms with Crippen LogP contribution in [0.2, 0.25) is 0 Å². The second-order valence-electron chi connectivity index (χ2n) is 9.06. The fourth-order valence-electron chi connectivity index (χ4n) is 4.54. The summed E-state index contributed by atoms with van der Waals surface area (Å²) < 4.78 is 0. The minimum atomic E-state index is -0.205. The van der Waals surface area contributed by atoms with Crippen molar-refractivity contribution in [1.82, 2.24) is 0 Å². The molecule has 1 nitrogen and oxygen atoms in total. The molecule has 1 N–H and O–H groups in total. The van der Waals surface area contributed by atoms with E-state index in [1.807, 2.05) is 6.07 Å². The number of benzene rings is 2. The quantitative estimate of drug-likeness (QED) is 0.338. The van der Waals surface area contributed by atoms with E-state index in [0.29, 0.717) is 5.75 Å². The molecule has 1 heteroatoms. The van der Waals surface area contributed by atoms with Gasteiger partial charge >= 0.3 is 0 Å². The molecule has 0 spiro atoms. The molecule has 2 aromatic carbocycles. The molecule has 0 saturated heterocycles. The number of hydrogen-bond donors (Lipinski definition) is 1. The van der Waals surface area contributed by atoms with Crippen molar-refractivity contribution in [2.75, 3.05) is 0 Å². The fourth-order valence-corrected chi connectivity index (χ4v) is 4.54. The molecule has 0 aromatic heterocycles. The average molecular weight is 395 g/mol. The summed E-state index contributed by atoms with van der Waals surface area (Å²) in [6.45, 7) is 9.06. The van der Waals surface area contributed by atoms with E-state index >= 15 is 0 Å². The number of rotatable bonds is 13. The monoisotopic (exact) mass is 394 g/mol. The Bertz CT molecular complexity index is 715. The topological polar surface area (TPSA) is 20.2 Å². The van der Waals surface area contributed by atoms with Crippen LogP contribution in [0.25, 0.3) is 0 Å². The normalized spacial score (nSPS) is 11.7. The van der Waals surface area contributed by atoms with Crippen LogP contribution in [0.15, 0.2) is 42.5 Å². The smallest absolute Gasteiger partial charge is 0.119 e. The van der Waals surface area contributed by atoms with Gasteiger partial charge in [0.1, 0.15) is 5.75 Å². The SMILES string of the molecule is CCCCCCCc1c(CCCCCC)ccc(O)c1C(C)(C)c1ccccc1. The standard InChI is InChI=1S/C28H42O/c1-5-7-9-11-16-20-25-23(17-13-10-8-6-2)21-22-26(29)27(25)28(3,4)24-18-14-12-15-19-24/h12,14-15,18-19,21-22,29H,5-11,13,16-17,20H2,1-4H3. The number of phenols is 1. The Labute approximate surface area is 179 Å². The lowest BCUT2D eigenvalue weighted by molar-refractivity contribution is 0.449. The van der Waals surface area contributed by atoms with Crippen LogP contribution in [0.1, 0.15) is 108 Å². The summed E-state index contributed by atoms with van der Waals surface area (Å²) in [7, 11) is 0. The van der Waals surface area contributed by atoms with Crippen LogP contribution >= 0.6 is 0 Å². The predicted octanol–water partition coefficient (Wildman–Crippen LogP) is 8.35. The second kappa shape index (κ2) is 12.1. The molecule has 2 rings (SSSR count). The highest BCUT2D eigenvalue weighted by molar-refractivity contribution is 5.53. The van der Waals surface area contributed by atoms with Crippen LogP contribution in [0, 0.1) is 0 Å². The zero-order valence-electron chi connectivity index (χ0n) is 19.3. The Hall–Kier alpha value is -1.76. The zero-order valence-corrected chi connectivity index (χ0v) is 19.3. The van der Waals surface area contributed by atoms with Crippen LogP contribution in [-0.4, -0.2) is 5.11 Å². The van der Waals surface area contributed by atoms with Gasteiger partial charge < -0.3 is 5.11 Å². The van der Waals surface area contributed by atoms with Gasteiger partial charge in [0.05, 0.1) is 0 Å². The van der Waals surface area contributed by atoms with Crippen LogP contribution in [0.5, 0.6) is 5.75 Å². The van der Waals surface area contributed by atoms with Gasteiger partial charge in [0.15, 0.2) is 0 Å². The molecule has 0 aliphatic heterocycles. The molecule has 0 bridgehead atoms. The van der Waals surface area contributed by atoms with Crippen LogP contribution in [0.3, 0.4) is 0 Å². The lowest BCUT2D eigenvalue weighted by Gasteiger charge is -2.31. The van der Waals surface area contributed by atoms with E-state index in [2.05, 4.69) is 64.1 Å².